The minimum Gasteiger partial charge on any atom is -0.459 e. The molecular weight excluding hydrogens is 402 g/mol. The highest BCUT2D eigenvalue weighted by molar-refractivity contribution is 6.20. The molecular formula is C19H28ClN3O6. The molecule has 1 aromatic heterocycles. The highest BCUT2D eigenvalue weighted by Crippen LogP contribution is 2.19. The molecule has 1 heterocycles. The predicted molar refractivity (Wildman–Crippen MR) is 108 cm³/mol. The van der Waals surface area contributed by atoms with E-state index in [1.807, 2.05) is 0 Å². The van der Waals surface area contributed by atoms with Gasteiger partial charge in [0.05, 0.1) is 0 Å². The van der Waals surface area contributed by atoms with E-state index in [0.717, 1.165) is 4.90 Å². The summed E-state index contributed by atoms with van der Waals surface area (Å²) in [6.45, 7) is 6.55. The number of carbonyl (C=O) groups is 3. The Bertz CT molecular complexity index is 722. The van der Waals surface area contributed by atoms with E-state index in [1.54, 1.807) is 39.8 Å². The molecule has 1 atom stereocenters. The average Bonchev–Trinajstić information content (AvgIpc) is 2.64. The van der Waals surface area contributed by atoms with E-state index in [4.69, 9.17) is 25.8 Å². The topological polar surface area (TPSA) is 98.3 Å². The van der Waals surface area contributed by atoms with Crippen LogP contribution in [0.15, 0.2) is 18.3 Å². The van der Waals surface area contributed by atoms with Crippen LogP contribution >= 0.6 is 11.6 Å². The number of halogens is 1. The second kappa shape index (κ2) is 10.8. The number of alkyl halides is 1. The maximum absolute atomic E-state index is 12.2. The number of hydrogen-bond acceptors (Lipinski definition) is 7. The Morgan fingerprint density at radius 2 is 1.86 bits per heavy atom. The van der Waals surface area contributed by atoms with Crippen LogP contribution < -0.4 is 4.90 Å². The molecule has 0 aliphatic rings. The number of likely N-dealkylation sites (N-methyl/N-ethyl adjacent to an activating group) is 1. The molecule has 0 saturated carbocycles. The lowest BCUT2D eigenvalue weighted by Gasteiger charge is -2.24. The molecule has 0 saturated heterocycles. The van der Waals surface area contributed by atoms with Gasteiger partial charge in [0.15, 0.2) is 5.56 Å². The zero-order valence-corrected chi connectivity index (χ0v) is 18.4. The van der Waals surface area contributed by atoms with E-state index in [9.17, 15) is 14.4 Å². The van der Waals surface area contributed by atoms with Crippen molar-refractivity contribution in [3.05, 3.63) is 23.9 Å². The van der Waals surface area contributed by atoms with Crippen LogP contribution in [-0.2, 0) is 25.6 Å². The smallest absolute Gasteiger partial charge is 0.416 e. The maximum atomic E-state index is 12.2. The van der Waals surface area contributed by atoms with Crippen LogP contribution in [0.25, 0.3) is 0 Å². The van der Waals surface area contributed by atoms with Crippen LogP contribution in [0.5, 0.6) is 0 Å². The summed E-state index contributed by atoms with van der Waals surface area (Å²) >= 11 is 5.85. The van der Waals surface area contributed by atoms with Crippen LogP contribution in [-0.4, -0.2) is 59.8 Å². The van der Waals surface area contributed by atoms with Gasteiger partial charge >= 0.3 is 18.2 Å². The van der Waals surface area contributed by atoms with Crippen molar-refractivity contribution in [2.24, 2.45) is 0 Å². The third-order valence-electron chi connectivity index (χ3n) is 3.47. The molecule has 0 fully saturated rings. The number of amides is 2. The van der Waals surface area contributed by atoms with Crippen molar-refractivity contribution in [1.29, 1.82) is 0 Å². The second-order valence-electron chi connectivity index (χ2n) is 7.24. The molecule has 0 bridgehead atoms. The van der Waals surface area contributed by atoms with E-state index in [2.05, 4.69) is 4.98 Å². The van der Waals surface area contributed by atoms with Gasteiger partial charge in [0.2, 0.25) is 0 Å². The Labute approximate surface area is 175 Å². The first-order chi connectivity index (χ1) is 13.4. The number of esters is 1. The van der Waals surface area contributed by atoms with Crippen LogP contribution in [0.3, 0.4) is 0 Å². The van der Waals surface area contributed by atoms with Gasteiger partial charge in [-0.3, -0.25) is 9.69 Å². The number of anilines is 1. The first kappa shape index (κ1) is 24.5. The lowest BCUT2D eigenvalue weighted by Crippen LogP contribution is -2.37. The van der Waals surface area contributed by atoms with Crippen molar-refractivity contribution >= 4 is 35.6 Å². The fraction of sp³-hybridized carbons (Fsp3) is 0.579. The normalized spacial score (nSPS) is 12.0. The molecule has 0 aromatic carbocycles. The molecule has 2 amide bonds. The summed E-state index contributed by atoms with van der Waals surface area (Å²) in [6, 6.07) is 3.31. The predicted octanol–water partition coefficient (Wildman–Crippen LogP) is 3.54. The van der Waals surface area contributed by atoms with Gasteiger partial charge in [-0.1, -0.05) is 24.6 Å². The summed E-state index contributed by atoms with van der Waals surface area (Å²) < 4.78 is 15.5. The van der Waals surface area contributed by atoms with Crippen molar-refractivity contribution in [3.8, 4) is 0 Å². The Morgan fingerprint density at radius 3 is 2.45 bits per heavy atom. The number of nitrogens with zero attached hydrogens (tertiary/aromatic N) is 3. The van der Waals surface area contributed by atoms with Crippen LogP contribution in [0.1, 0.15) is 39.7 Å². The number of rotatable bonds is 7. The third-order valence-corrected chi connectivity index (χ3v) is 3.87. The van der Waals surface area contributed by atoms with Crippen LogP contribution in [0, 0.1) is 0 Å². The molecule has 9 nitrogen and oxygen atoms in total. The van der Waals surface area contributed by atoms with Crippen molar-refractivity contribution in [2.75, 3.05) is 25.5 Å². The fourth-order valence-corrected chi connectivity index (χ4v) is 2.08. The third kappa shape index (κ3) is 8.55. The van der Waals surface area contributed by atoms with Crippen LogP contribution in [0.2, 0.25) is 0 Å². The first-order valence-electron chi connectivity index (χ1n) is 9.06. The van der Waals surface area contributed by atoms with E-state index in [-0.39, 0.29) is 19.0 Å². The van der Waals surface area contributed by atoms with Gasteiger partial charge in [-0.05, 0) is 33.3 Å². The fourth-order valence-electron chi connectivity index (χ4n) is 2.01. The molecule has 10 heteroatoms. The minimum atomic E-state index is -0.752. The number of carbonyl (C=O) groups excluding carboxylic acids is 3. The summed E-state index contributed by atoms with van der Waals surface area (Å²) in [5, 5.41) is 0. The molecule has 0 spiro atoms. The highest BCUT2D eigenvalue weighted by atomic mass is 35.5. The van der Waals surface area contributed by atoms with E-state index >= 15 is 0 Å². The van der Waals surface area contributed by atoms with E-state index < -0.39 is 29.3 Å². The number of ether oxygens (including phenoxy) is 3. The molecule has 1 aromatic rings. The average molecular weight is 430 g/mol. The number of pyridine rings is 1. The lowest BCUT2D eigenvalue weighted by molar-refractivity contribution is -0.145. The summed E-state index contributed by atoms with van der Waals surface area (Å²) in [5.41, 5.74) is -0.931. The first-order valence-corrected chi connectivity index (χ1v) is 9.50. The van der Waals surface area contributed by atoms with Crippen molar-refractivity contribution in [3.63, 3.8) is 0 Å². The SMILES string of the molecule is CCC(Cl)OC(=O)N(C)c1ncccc1COC(=O)CN(C)C(=O)OC(C)(C)C. The molecule has 1 unspecified atom stereocenters. The molecule has 0 N–H and O–H groups in total. The minimum absolute atomic E-state index is 0.139. The highest BCUT2D eigenvalue weighted by Gasteiger charge is 2.23. The standard InChI is InChI=1S/C19H28ClN3O6/c1-7-14(20)28-18(26)23(6)16-13(9-8-10-21-16)12-27-15(24)11-22(5)17(25)29-19(2,3)4/h8-10,14H,7,11-12H2,1-6H3. The number of hydrogen-bond donors (Lipinski definition) is 0. The summed E-state index contributed by atoms with van der Waals surface area (Å²) in [4.78, 5) is 42.6. The van der Waals surface area contributed by atoms with Gasteiger partial charge < -0.3 is 19.1 Å². The van der Waals surface area contributed by atoms with E-state index in [0.29, 0.717) is 12.0 Å². The zero-order chi connectivity index (χ0) is 22.2. The summed E-state index contributed by atoms with van der Waals surface area (Å²) in [7, 11) is 2.91. The lowest BCUT2D eigenvalue weighted by atomic mass is 10.2. The van der Waals surface area contributed by atoms with Gasteiger partial charge in [0, 0.05) is 25.9 Å². The van der Waals surface area contributed by atoms with Crippen molar-refractivity contribution in [2.45, 2.75) is 51.9 Å². The summed E-state index contributed by atoms with van der Waals surface area (Å²) in [5.74, 6) is -0.365. The molecule has 0 aliphatic heterocycles. The van der Waals surface area contributed by atoms with Gasteiger partial charge in [-0.2, -0.15) is 0 Å². The molecule has 0 aliphatic carbocycles. The molecule has 0 radical (unpaired) electrons. The maximum Gasteiger partial charge on any atom is 0.416 e. The van der Waals surface area contributed by atoms with Gasteiger partial charge in [0.25, 0.3) is 0 Å². The van der Waals surface area contributed by atoms with Gasteiger partial charge in [-0.25, -0.2) is 14.6 Å². The largest absolute Gasteiger partial charge is 0.459 e. The second-order valence-corrected chi connectivity index (χ2v) is 7.73. The Morgan fingerprint density at radius 1 is 1.21 bits per heavy atom. The van der Waals surface area contributed by atoms with Crippen LogP contribution in [0.4, 0.5) is 15.4 Å². The quantitative estimate of drug-likeness (QED) is 0.371. The zero-order valence-electron chi connectivity index (χ0n) is 17.6. The monoisotopic (exact) mass is 429 g/mol. The molecule has 1 rings (SSSR count). The van der Waals surface area contributed by atoms with Gasteiger partial charge in [0.1, 0.15) is 24.6 Å². The Kier molecular flexibility index (Phi) is 9.16. The Balaban J connectivity index is 2.70. The summed E-state index contributed by atoms with van der Waals surface area (Å²) in [6.07, 6.45) is 0.644. The van der Waals surface area contributed by atoms with E-state index in [1.165, 1.54) is 25.2 Å². The van der Waals surface area contributed by atoms with Crippen molar-refractivity contribution in [1.82, 2.24) is 9.88 Å². The Hall–Kier alpha value is -2.55. The molecule has 29 heavy (non-hydrogen) atoms. The van der Waals surface area contributed by atoms with Crippen molar-refractivity contribution < 1.29 is 28.6 Å². The molecule has 162 valence electrons. The number of aromatic nitrogens is 1. The van der Waals surface area contributed by atoms with Gasteiger partial charge in [-0.15, -0.1) is 0 Å².